The van der Waals surface area contributed by atoms with Crippen LogP contribution in [0.5, 0.6) is 5.75 Å². The van der Waals surface area contributed by atoms with Crippen LogP contribution < -0.4 is 15.4 Å². The maximum Gasteiger partial charge on any atom is 0.196 e. The summed E-state index contributed by atoms with van der Waals surface area (Å²) in [6.45, 7) is 0.801. The number of carbonyl (C=O) groups excluding carboxylic acids is 1. The van der Waals surface area contributed by atoms with Gasteiger partial charge in [-0.05, 0) is 62.4 Å². The van der Waals surface area contributed by atoms with E-state index in [0.717, 1.165) is 46.7 Å². The molecule has 1 heterocycles. The lowest BCUT2D eigenvalue weighted by Crippen LogP contribution is -2.13. The fourth-order valence-corrected chi connectivity index (χ4v) is 5.11. The second kappa shape index (κ2) is 8.95. The number of nitrogens with zero attached hydrogens (tertiary/aromatic N) is 1. The molecular weight excluding hydrogens is 438 g/mol. The molecule has 0 fully saturated rings. The molecule has 6 nitrogen and oxygen atoms in total. The maximum atomic E-state index is 13.7. The van der Waals surface area contributed by atoms with Gasteiger partial charge >= 0.3 is 0 Å². The van der Waals surface area contributed by atoms with E-state index in [2.05, 4.69) is 21.9 Å². The van der Waals surface area contributed by atoms with Crippen LogP contribution in [0.15, 0.2) is 70.8 Å². The van der Waals surface area contributed by atoms with E-state index in [0.29, 0.717) is 22.4 Å². The molecule has 35 heavy (non-hydrogen) atoms. The molecule has 3 aromatic carbocycles. The first-order chi connectivity index (χ1) is 17.2. The minimum Gasteiger partial charge on any atom is -0.497 e. The minimum absolute atomic E-state index is 0.0313. The number of rotatable bonds is 7. The van der Waals surface area contributed by atoms with Crippen LogP contribution in [0.4, 0.5) is 17.1 Å². The molecule has 0 aliphatic heterocycles. The molecule has 0 saturated heterocycles. The Labute approximate surface area is 204 Å². The monoisotopic (exact) mass is 465 g/mol. The summed E-state index contributed by atoms with van der Waals surface area (Å²) in [5, 5.41) is 12.2. The third kappa shape index (κ3) is 3.85. The summed E-state index contributed by atoms with van der Waals surface area (Å²) in [6, 6.07) is 17.2. The number of anilines is 3. The molecule has 0 atom stereocenters. The van der Waals surface area contributed by atoms with Crippen molar-refractivity contribution in [1.82, 2.24) is 5.16 Å². The van der Waals surface area contributed by atoms with Crippen LogP contribution in [-0.4, -0.2) is 24.6 Å². The Morgan fingerprint density at radius 2 is 1.86 bits per heavy atom. The van der Waals surface area contributed by atoms with Crippen LogP contribution in [0.1, 0.15) is 48.0 Å². The number of fused-ring (bicyclic) bond motifs is 2. The zero-order chi connectivity index (χ0) is 23.8. The van der Waals surface area contributed by atoms with Gasteiger partial charge in [-0.2, -0.15) is 0 Å². The van der Waals surface area contributed by atoms with Crippen molar-refractivity contribution in [3.63, 3.8) is 0 Å². The molecule has 2 N–H and O–H groups in total. The van der Waals surface area contributed by atoms with E-state index in [4.69, 9.17) is 9.26 Å². The SMILES string of the molecule is COc1ccc(Nc2cc(NCCC3=CCCCC3)c3noc4c3c2C(=O)c2ccccc2-4)cc1. The minimum atomic E-state index is -0.0313. The molecule has 0 saturated carbocycles. The highest BCUT2D eigenvalue weighted by Gasteiger charge is 2.32. The molecule has 0 unspecified atom stereocenters. The summed E-state index contributed by atoms with van der Waals surface area (Å²) >= 11 is 0. The molecule has 2 aliphatic carbocycles. The van der Waals surface area contributed by atoms with Gasteiger partial charge in [0.25, 0.3) is 0 Å². The van der Waals surface area contributed by atoms with Crippen LogP contribution in [0.3, 0.4) is 0 Å². The van der Waals surface area contributed by atoms with Crippen LogP contribution in [0, 0.1) is 0 Å². The molecule has 176 valence electrons. The van der Waals surface area contributed by atoms with Crippen molar-refractivity contribution in [3.8, 4) is 17.1 Å². The van der Waals surface area contributed by atoms with Gasteiger partial charge in [-0.3, -0.25) is 4.79 Å². The van der Waals surface area contributed by atoms with Crippen molar-refractivity contribution in [2.24, 2.45) is 0 Å². The summed E-state index contributed by atoms with van der Waals surface area (Å²) in [7, 11) is 1.64. The lowest BCUT2D eigenvalue weighted by Gasteiger charge is -2.20. The summed E-state index contributed by atoms with van der Waals surface area (Å²) in [4.78, 5) is 13.7. The van der Waals surface area contributed by atoms with Gasteiger partial charge in [-0.1, -0.05) is 41.1 Å². The van der Waals surface area contributed by atoms with Crippen LogP contribution >= 0.6 is 0 Å². The quantitative estimate of drug-likeness (QED) is 0.250. The number of benzene rings is 3. The van der Waals surface area contributed by atoms with Crippen molar-refractivity contribution in [3.05, 3.63) is 77.4 Å². The second-order valence-electron chi connectivity index (χ2n) is 9.10. The average molecular weight is 466 g/mol. The van der Waals surface area contributed by atoms with Crippen molar-refractivity contribution >= 4 is 33.7 Å². The van der Waals surface area contributed by atoms with E-state index >= 15 is 0 Å². The van der Waals surface area contributed by atoms with E-state index in [-0.39, 0.29) is 5.78 Å². The number of hydrogen-bond acceptors (Lipinski definition) is 6. The lowest BCUT2D eigenvalue weighted by molar-refractivity contribution is 0.104. The number of ether oxygens (including phenoxy) is 1. The zero-order valence-electron chi connectivity index (χ0n) is 19.7. The first kappa shape index (κ1) is 21.5. The van der Waals surface area contributed by atoms with Crippen molar-refractivity contribution in [2.75, 3.05) is 24.3 Å². The third-order valence-electron chi connectivity index (χ3n) is 6.91. The normalized spacial score (nSPS) is 14.4. The van der Waals surface area contributed by atoms with Gasteiger partial charge in [-0.15, -0.1) is 0 Å². The van der Waals surface area contributed by atoms with E-state index in [1.54, 1.807) is 7.11 Å². The van der Waals surface area contributed by atoms with Gasteiger partial charge in [0, 0.05) is 23.4 Å². The molecular formula is C29H27N3O3. The zero-order valence-corrected chi connectivity index (χ0v) is 19.7. The largest absolute Gasteiger partial charge is 0.497 e. The first-order valence-electron chi connectivity index (χ1n) is 12.2. The first-order valence-corrected chi connectivity index (χ1v) is 12.2. The predicted octanol–water partition coefficient (Wildman–Crippen LogP) is 7.09. The Kier molecular flexibility index (Phi) is 5.49. The van der Waals surface area contributed by atoms with Gasteiger partial charge in [0.15, 0.2) is 11.5 Å². The number of carbonyl (C=O) groups is 1. The van der Waals surface area contributed by atoms with Gasteiger partial charge in [0.05, 0.1) is 29.4 Å². The molecule has 6 heteroatoms. The number of aromatic nitrogens is 1. The molecule has 0 amide bonds. The smallest absolute Gasteiger partial charge is 0.196 e. The Morgan fingerprint density at radius 3 is 2.63 bits per heavy atom. The summed E-state index contributed by atoms with van der Waals surface area (Å²) in [5.41, 5.74) is 6.66. The third-order valence-corrected chi connectivity index (χ3v) is 6.91. The van der Waals surface area contributed by atoms with Gasteiger partial charge in [0.1, 0.15) is 11.3 Å². The summed E-state index contributed by atoms with van der Waals surface area (Å²) in [5.74, 6) is 1.39. The van der Waals surface area contributed by atoms with Gasteiger partial charge in [-0.25, -0.2) is 0 Å². The van der Waals surface area contributed by atoms with Gasteiger partial charge in [0.2, 0.25) is 0 Å². The molecule has 0 spiro atoms. The number of nitrogens with one attached hydrogen (secondary N) is 2. The standard InChI is InChI=1S/C29H27N3O3/c1-34-20-13-11-19(12-14-20)31-23-17-24(30-16-15-18-7-3-2-4-8-18)27-26-25(23)28(33)21-9-5-6-10-22(21)29(26)35-32-27/h5-7,9-14,17,30-31H,2-4,8,15-16H2,1H3. The Hall–Kier alpha value is -4.06. The predicted molar refractivity (Wildman–Crippen MR) is 139 cm³/mol. The molecule has 0 radical (unpaired) electrons. The number of allylic oxidation sites excluding steroid dienone is 1. The fourth-order valence-electron chi connectivity index (χ4n) is 5.11. The van der Waals surface area contributed by atoms with E-state index in [9.17, 15) is 4.79 Å². The Morgan fingerprint density at radius 1 is 1.03 bits per heavy atom. The molecule has 6 rings (SSSR count). The van der Waals surface area contributed by atoms with E-state index in [1.165, 1.54) is 31.3 Å². The van der Waals surface area contributed by atoms with Gasteiger partial charge < -0.3 is 19.9 Å². The van der Waals surface area contributed by atoms with Crippen molar-refractivity contribution in [2.45, 2.75) is 32.1 Å². The Bertz CT molecular complexity index is 1450. The van der Waals surface area contributed by atoms with Crippen LogP contribution in [-0.2, 0) is 0 Å². The maximum absolute atomic E-state index is 13.7. The Balaban J connectivity index is 1.43. The molecule has 2 aliphatic rings. The van der Waals surface area contributed by atoms with E-state index < -0.39 is 0 Å². The second-order valence-corrected chi connectivity index (χ2v) is 9.10. The average Bonchev–Trinajstić information content (AvgIpc) is 3.35. The number of methoxy groups -OCH3 is 1. The molecule has 1 aromatic heterocycles. The van der Waals surface area contributed by atoms with Crippen LogP contribution in [0.25, 0.3) is 22.2 Å². The lowest BCUT2D eigenvalue weighted by atomic mass is 9.86. The van der Waals surface area contributed by atoms with Crippen LogP contribution in [0.2, 0.25) is 0 Å². The van der Waals surface area contributed by atoms with Crippen molar-refractivity contribution < 1.29 is 14.1 Å². The highest BCUT2D eigenvalue weighted by Crippen LogP contribution is 2.45. The summed E-state index contributed by atoms with van der Waals surface area (Å²) in [6.07, 6.45) is 8.29. The van der Waals surface area contributed by atoms with Crippen molar-refractivity contribution in [1.29, 1.82) is 0 Å². The summed E-state index contributed by atoms with van der Waals surface area (Å²) < 4.78 is 11.1. The molecule has 4 aromatic rings. The van der Waals surface area contributed by atoms with E-state index in [1.807, 2.05) is 54.6 Å². The molecule has 0 bridgehead atoms. The number of hydrogen-bond donors (Lipinski definition) is 2. The highest BCUT2D eigenvalue weighted by atomic mass is 16.5. The highest BCUT2D eigenvalue weighted by molar-refractivity contribution is 6.28. The number of ketones is 1. The fraction of sp³-hybridized carbons (Fsp3) is 0.241. The topological polar surface area (TPSA) is 76.4 Å².